The summed E-state index contributed by atoms with van der Waals surface area (Å²) in [5.41, 5.74) is 14.5. The molecule has 0 spiro atoms. The lowest BCUT2D eigenvalue weighted by Crippen LogP contribution is -2.57. The molecule has 234 valence electrons. The Morgan fingerprint density at radius 2 is 1.16 bits per heavy atom. The fourth-order valence-corrected chi connectivity index (χ4v) is 8.49. The topological polar surface area (TPSA) is 21.7 Å². The fourth-order valence-electron chi connectivity index (χ4n) is 8.49. The SMILES string of the molecule is Cc1ccc(N(c2ccc(C)cc2)c2ccc3c4c(ccc3c2)-c2cc3c(cc2C4(C)C)B2c4ccccc4Oc4cccc(c42)O3)cc1. The summed E-state index contributed by atoms with van der Waals surface area (Å²) in [6, 6.07) is 48.5. The van der Waals surface area contributed by atoms with Crippen LogP contribution in [0, 0.1) is 13.8 Å². The van der Waals surface area contributed by atoms with Gasteiger partial charge in [-0.3, -0.25) is 0 Å². The van der Waals surface area contributed by atoms with Crippen molar-refractivity contribution in [1.82, 2.24) is 0 Å². The molecule has 0 atom stereocenters. The summed E-state index contributed by atoms with van der Waals surface area (Å²) in [6.45, 7) is 9.08. The van der Waals surface area contributed by atoms with Crippen LogP contribution in [0.25, 0.3) is 21.9 Å². The van der Waals surface area contributed by atoms with E-state index in [-0.39, 0.29) is 12.1 Å². The van der Waals surface area contributed by atoms with Gasteiger partial charge in [0.1, 0.15) is 23.0 Å². The molecule has 0 aromatic heterocycles. The molecule has 7 aromatic rings. The molecule has 10 rings (SSSR count). The monoisotopic (exact) mass is 631 g/mol. The van der Waals surface area contributed by atoms with E-state index in [2.05, 4.69) is 154 Å². The molecule has 2 heterocycles. The standard InChI is InChI=1S/C45H34BNO2/c1-27-12-17-30(18-13-27)47(31-19-14-28(2)15-20-31)32-21-23-33-29(24-32)16-22-34-35-25-42-38(26-36(35)45(3,4)43(33)34)46-37-8-5-6-9-39(37)48-40-10-7-11-41(49-42)44(40)46/h5-26H,1-4H3. The number of para-hydroxylation sites is 1. The normalized spacial score (nSPS) is 14.2. The van der Waals surface area contributed by atoms with E-state index in [9.17, 15) is 0 Å². The van der Waals surface area contributed by atoms with Crippen molar-refractivity contribution in [2.45, 2.75) is 33.1 Å². The van der Waals surface area contributed by atoms with Crippen molar-refractivity contribution in [2.24, 2.45) is 0 Å². The van der Waals surface area contributed by atoms with Gasteiger partial charge in [-0.05, 0) is 118 Å². The number of anilines is 3. The fraction of sp³-hybridized carbons (Fsp3) is 0.111. The third-order valence-electron chi connectivity index (χ3n) is 10.9. The molecular formula is C45H34BNO2. The maximum absolute atomic E-state index is 6.69. The van der Waals surface area contributed by atoms with Gasteiger partial charge in [-0.15, -0.1) is 0 Å². The molecule has 3 nitrogen and oxygen atoms in total. The van der Waals surface area contributed by atoms with Crippen LogP contribution >= 0.6 is 0 Å². The number of hydrogen-bond donors (Lipinski definition) is 0. The summed E-state index contributed by atoms with van der Waals surface area (Å²) >= 11 is 0. The van der Waals surface area contributed by atoms with E-state index in [1.165, 1.54) is 55.1 Å². The highest BCUT2D eigenvalue weighted by Gasteiger charge is 2.44. The van der Waals surface area contributed by atoms with Crippen LogP contribution in [0.3, 0.4) is 0 Å². The minimum absolute atomic E-state index is 0.0542. The average Bonchev–Trinajstić information content (AvgIpc) is 3.34. The average molecular weight is 632 g/mol. The Morgan fingerprint density at radius 3 is 1.88 bits per heavy atom. The van der Waals surface area contributed by atoms with E-state index < -0.39 is 0 Å². The van der Waals surface area contributed by atoms with E-state index in [0.29, 0.717) is 0 Å². The molecule has 49 heavy (non-hydrogen) atoms. The Kier molecular flexibility index (Phi) is 5.85. The first kappa shape index (κ1) is 28.3. The smallest absolute Gasteiger partial charge is 0.260 e. The first-order chi connectivity index (χ1) is 23.8. The van der Waals surface area contributed by atoms with Gasteiger partial charge < -0.3 is 14.4 Å². The van der Waals surface area contributed by atoms with Gasteiger partial charge in [0.15, 0.2) is 0 Å². The van der Waals surface area contributed by atoms with Crippen LogP contribution in [0.5, 0.6) is 23.0 Å². The van der Waals surface area contributed by atoms with Crippen LogP contribution in [-0.2, 0) is 5.41 Å². The quantitative estimate of drug-likeness (QED) is 0.181. The van der Waals surface area contributed by atoms with Gasteiger partial charge in [0.25, 0.3) is 6.71 Å². The lowest BCUT2D eigenvalue weighted by atomic mass is 9.34. The van der Waals surface area contributed by atoms with Gasteiger partial charge in [-0.25, -0.2) is 0 Å². The molecule has 3 aliphatic rings. The van der Waals surface area contributed by atoms with Crippen molar-refractivity contribution in [3.63, 3.8) is 0 Å². The molecule has 2 aliphatic heterocycles. The summed E-state index contributed by atoms with van der Waals surface area (Å²) in [6.07, 6.45) is 0. The van der Waals surface area contributed by atoms with Crippen LogP contribution in [0.2, 0.25) is 0 Å². The zero-order valence-electron chi connectivity index (χ0n) is 28.0. The highest BCUT2D eigenvalue weighted by molar-refractivity contribution is 6.98. The van der Waals surface area contributed by atoms with Crippen molar-refractivity contribution in [3.05, 3.63) is 156 Å². The number of aryl methyl sites for hydroxylation is 2. The Hall–Kier alpha value is -5.74. The predicted octanol–water partition coefficient (Wildman–Crippen LogP) is 9.96. The van der Waals surface area contributed by atoms with Gasteiger partial charge in [0, 0.05) is 27.9 Å². The molecule has 0 bridgehead atoms. The van der Waals surface area contributed by atoms with Crippen molar-refractivity contribution >= 4 is 50.9 Å². The van der Waals surface area contributed by atoms with Crippen molar-refractivity contribution in [1.29, 1.82) is 0 Å². The van der Waals surface area contributed by atoms with Gasteiger partial charge in [-0.2, -0.15) is 0 Å². The molecule has 7 aromatic carbocycles. The Morgan fingerprint density at radius 1 is 0.531 bits per heavy atom. The second-order valence-electron chi connectivity index (χ2n) is 14.3. The number of rotatable bonds is 3. The number of benzene rings is 7. The van der Waals surface area contributed by atoms with E-state index >= 15 is 0 Å². The molecule has 0 fully saturated rings. The van der Waals surface area contributed by atoms with E-state index in [0.717, 1.165) is 45.5 Å². The highest BCUT2D eigenvalue weighted by atomic mass is 16.5. The summed E-state index contributed by atoms with van der Waals surface area (Å²) in [7, 11) is 0. The molecular weight excluding hydrogens is 597 g/mol. The van der Waals surface area contributed by atoms with Crippen LogP contribution in [0.15, 0.2) is 133 Å². The van der Waals surface area contributed by atoms with Crippen molar-refractivity contribution in [2.75, 3.05) is 4.90 Å². The lowest BCUT2D eigenvalue weighted by Gasteiger charge is -2.33. The molecule has 0 N–H and O–H groups in total. The van der Waals surface area contributed by atoms with Gasteiger partial charge in [0.05, 0.1) is 0 Å². The number of fused-ring (bicyclic) bond motifs is 9. The number of hydrogen-bond acceptors (Lipinski definition) is 3. The second-order valence-corrected chi connectivity index (χ2v) is 14.3. The molecule has 0 unspecified atom stereocenters. The molecule has 1 aliphatic carbocycles. The maximum Gasteiger partial charge on any atom is 0.260 e. The van der Waals surface area contributed by atoms with Crippen LogP contribution in [0.1, 0.15) is 36.1 Å². The highest BCUT2D eigenvalue weighted by Crippen LogP contribution is 2.53. The largest absolute Gasteiger partial charge is 0.458 e. The molecule has 4 heteroatoms. The Balaban J connectivity index is 1.12. The molecule has 0 radical (unpaired) electrons. The lowest BCUT2D eigenvalue weighted by molar-refractivity contribution is 0.464. The van der Waals surface area contributed by atoms with E-state index in [1.54, 1.807) is 0 Å². The summed E-state index contributed by atoms with van der Waals surface area (Å²) in [5.74, 6) is 3.60. The summed E-state index contributed by atoms with van der Waals surface area (Å²) in [5, 5.41) is 2.52. The number of nitrogens with zero attached hydrogens (tertiary/aromatic N) is 1. The van der Waals surface area contributed by atoms with E-state index in [1.807, 2.05) is 12.1 Å². The summed E-state index contributed by atoms with van der Waals surface area (Å²) in [4.78, 5) is 2.36. The second kappa shape index (κ2) is 10.1. The van der Waals surface area contributed by atoms with Crippen molar-refractivity contribution in [3.8, 4) is 34.1 Å². The zero-order valence-corrected chi connectivity index (χ0v) is 28.0. The third-order valence-corrected chi connectivity index (χ3v) is 10.9. The first-order valence-electron chi connectivity index (χ1n) is 17.1. The van der Waals surface area contributed by atoms with Gasteiger partial charge in [0.2, 0.25) is 0 Å². The van der Waals surface area contributed by atoms with E-state index in [4.69, 9.17) is 9.47 Å². The maximum atomic E-state index is 6.69. The van der Waals surface area contributed by atoms with Gasteiger partial charge >= 0.3 is 0 Å². The molecule has 0 saturated carbocycles. The van der Waals surface area contributed by atoms with Crippen LogP contribution < -0.4 is 30.8 Å². The van der Waals surface area contributed by atoms with Crippen molar-refractivity contribution < 1.29 is 9.47 Å². The van der Waals surface area contributed by atoms with Crippen LogP contribution in [-0.4, -0.2) is 6.71 Å². The predicted molar refractivity (Wildman–Crippen MR) is 203 cm³/mol. The minimum atomic E-state index is -0.210. The Labute approximate surface area is 287 Å². The minimum Gasteiger partial charge on any atom is -0.458 e. The number of ether oxygens (including phenoxy) is 2. The molecule has 0 amide bonds. The third kappa shape index (κ3) is 4.10. The van der Waals surface area contributed by atoms with Gasteiger partial charge in [-0.1, -0.05) is 97.8 Å². The first-order valence-corrected chi connectivity index (χ1v) is 17.1. The zero-order chi connectivity index (χ0) is 33.0. The summed E-state index contributed by atoms with van der Waals surface area (Å²) < 4.78 is 13.1. The Bertz CT molecular complexity index is 2450. The van der Waals surface area contributed by atoms with Crippen LogP contribution in [0.4, 0.5) is 17.1 Å². The molecule has 0 saturated heterocycles.